The molecule has 0 aliphatic carbocycles. The molecule has 0 aliphatic rings. The molecular formula is C22H21FN4O3. The summed E-state index contributed by atoms with van der Waals surface area (Å²) in [7, 11) is 1.58. The lowest BCUT2D eigenvalue weighted by atomic mass is 10.2. The third kappa shape index (κ3) is 3.76. The number of benzene rings is 2. The maximum Gasteiger partial charge on any atom is 0.258 e. The van der Waals surface area contributed by atoms with Crippen LogP contribution in [0.3, 0.4) is 0 Å². The van der Waals surface area contributed by atoms with E-state index >= 15 is 0 Å². The molecule has 0 unspecified atom stereocenters. The first-order chi connectivity index (χ1) is 14.6. The summed E-state index contributed by atoms with van der Waals surface area (Å²) in [6, 6.07) is 13.8. The molecule has 0 radical (unpaired) electrons. The molecule has 0 saturated carbocycles. The number of aromatic nitrogens is 3. The van der Waals surface area contributed by atoms with Crippen LogP contribution in [-0.4, -0.2) is 34.2 Å². The first-order valence-electron chi connectivity index (χ1n) is 9.58. The Morgan fingerprint density at radius 2 is 1.97 bits per heavy atom. The van der Waals surface area contributed by atoms with Crippen molar-refractivity contribution in [3.05, 3.63) is 65.7 Å². The van der Waals surface area contributed by atoms with Crippen LogP contribution in [0, 0.1) is 5.82 Å². The van der Waals surface area contributed by atoms with Crippen molar-refractivity contribution >= 4 is 22.3 Å². The summed E-state index contributed by atoms with van der Waals surface area (Å²) in [6.07, 6.45) is 0.643. The van der Waals surface area contributed by atoms with Crippen LogP contribution < -0.4 is 14.8 Å². The fourth-order valence-corrected chi connectivity index (χ4v) is 3.38. The van der Waals surface area contributed by atoms with Gasteiger partial charge in [-0.05, 0) is 30.3 Å². The second-order valence-corrected chi connectivity index (χ2v) is 6.72. The van der Waals surface area contributed by atoms with Crippen LogP contribution in [0.5, 0.6) is 11.6 Å². The Morgan fingerprint density at radius 1 is 1.13 bits per heavy atom. The molecule has 4 aromatic rings. The molecule has 2 aromatic heterocycles. The molecule has 0 spiro atoms. The lowest BCUT2D eigenvalue weighted by molar-refractivity contribution is -0.123. The van der Waals surface area contributed by atoms with Crippen LogP contribution in [0.25, 0.3) is 16.4 Å². The third-order valence-electron chi connectivity index (χ3n) is 4.82. The van der Waals surface area contributed by atoms with Crippen molar-refractivity contribution in [1.29, 1.82) is 0 Å². The van der Waals surface area contributed by atoms with Crippen molar-refractivity contribution in [3.63, 3.8) is 0 Å². The first kappa shape index (κ1) is 19.6. The average molecular weight is 408 g/mol. The van der Waals surface area contributed by atoms with Gasteiger partial charge in [-0.2, -0.15) is 0 Å². The lowest BCUT2D eigenvalue weighted by Crippen LogP contribution is -2.28. The molecule has 154 valence electrons. The zero-order valence-electron chi connectivity index (χ0n) is 16.7. The standard InChI is InChI=1S/C22H21FN4O3/c1-3-20-25-26-22(18-11-15-10-16(23)8-9-17(15)27(18)20)30-13-21(28)24-12-14-6-4-5-7-19(14)29-2/h4-11H,3,12-13H2,1-2H3,(H,24,28). The number of ether oxygens (including phenoxy) is 2. The Balaban J connectivity index is 1.52. The number of amides is 1. The second kappa shape index (κ2) is 8.36. The molecular weight excluding hydrogens is 387 g/mol. The van der Waals surface area contributed by atoms with Crippen LogP contribution in [0.4, 0.5) is 4.39 Å². The van der Waals surface area contributed by atoms with E-state index in [1.165, 1.54) is 12.1 Å². The van der Waals surface area contributed by atoms with E-state index in [-0.39, 0.29) is 24.2 Å². The maximum atomic E-state index is 13.6. The summed E-state index contributed by atoms with van der Waals surface area (Å²) < 4.78 is 26.5. The predicted molar refractivity (Wildman–Crippen MR) is 110 cm³/mol. The van der Waals surface area contributed by atoms with Gasteiger partial charge in [0.15, 0.2) is 6.61 Å². The number of nitrogens with zero attached hydrogens (tertiary/aromatic N) is 3. The molecule has 30 heavy (non-hydrogen) atoms. The van der Waals surface area contributed by atoms with E-state index in [0.29, 0.717) is 29.6 Å². The number of halogens is 1. The fraction of sp³-hybridized carbons (Fsp3) is 0.227. The van der Waals surface area contributed by atoms with Crippen LogP contribution in [-0.2, 0) is 17.8 Å². The molecule has 2 aromatic carbocycles. The Bertz CT molecular complexity index is 1220. The van der Waals surface area contributed by atoms with Crippen molar-refractivity contribution in [1.82, 2.24) is 19.9 Å². The lowest BCUT2D eigenvalue weighted by Gasteiger charge is -2.11. The predicted octanol–water partition coefficient (Wildman–Crippen LogP) is 3.29. The minimum Gasteiger partial charge on any atom is -0.496 e. The quantitative estimate of drug-likeness (QED) is 0.508. The van der Waals surface area contributed by atoms with Crippen LogP contribution in [0.2, 0.25) is 0 Å². The van der Waals surface area contributed by atoms with Crippen molar-refractivity contribution in [2.75, 3.05) is 13.7 Å². The van der Waals surface area contributed by atoms with Crippen molar-refractivity contribution in [3.8, 4) is 11.6 Å². The number of carbonyl (C=O) groups excluding carboxylic acids is 1. The smallest absolute Gasteiger partial charge is 0.258 e. The number of hydrogen-bond acceptors (Lipinski definition) is 5. The highest BCUT2D eigenvalue weighted by atomic mass is 19.1. The van der Waals surface area contributed by atoms with Gasteiger partial charge in [0, 0.05) is 23.9 Å². The van der Waals surface area contributed by atoms with Gasteiger partial charge >= 0.3 is 0 Å². The van der Waals surface area contributed by atoms with Gasteiger partial charge in [0.05, 0.1) is 12.6 Å². The molecule has 4 rings (SSSR count). The number of hydrogen-bond donors (Lipinski definition) is 1. The Hall–Kier alpha value is -3.68. The summed E-state index contributed by atoms with van der Waals surface area (Å²) >= 11 is 0. The zero-order valence-corrected chi connectivity index (χ0v) is 16.7. The zero-order chi connectivity index (χ0) is 21.1. The van der Waals surface area contributed by atoms with Gasteiger partial charge in [-0.1, -0.05) is 25.1 Å². The molecule has 0 aliphatic heterocycles. The van der Waals surface area contributed by atoms with E-state index in [1.54, 1.807) is 19.2 Å². The number of aryl methyl sites for hydroxylation is 1. The molecule has 8 heteroatoms. The van der Waals surface area contributed by atoms with Crippen LogP contribution in [0.15, 0.2) is 48.5 Å². The molecule has 0 saturated heterocycles. The fourth-order valence-electron chi connectivity index (χ4n) is 3.38. The molecule has 0 atom stereocenters. The van der Waals surface area contributed by atoms with Gasteiger partial charge in [0.1, 0.15) is 22.9 Å². The molecule has 7 nitrogen and oxygen atoms in total. The minimum atomic E-state index is -0.324. The molecule has 1 N–H and O–H groups in total. The molecule has 1 amide bonds. The first-order valence-corrected chi connectivity index (χ1v) is 9.58. The second-order valence-electron chi connectivity index (χ2n) is 6.72. The number of para-hydroxylation sites is 1. The SMILES string of the molecule is CCc1nnc(OCC(=O)NCc2ccccc2OC)c2cc3cc(F)ccc3n12. The highest BCUT2D eigenvalue weighted by molar-refractivity contribution is 5.89. The molecule has 0 fully saturated rings. The van der Waals surface area contributed by atoms with E-state index in [4.69, 9.17) is 9.47 Å². The van der Waals surface area contributed by atoms with E-state index in [9.17, 15) is 9.18 Å². The van der Waals surface area contributed by atoms with Crippen LogP contribution >= 0.6 is 0 Å². The van der Waals surface area contributed by atoms with Gasteiger partial charge in [-0.15, -0.1) is 10.2 Å². The highest BCUT2D eigenvalue weighted by Gasteiger charge is 2.15. The van der Waals surface area contributed by atoms with Gasteiger partial charge in [-0.3, -0.25) is 9.20 Å². The van der Waals surface area contributed by atoms with Crippen molar-refractivity contribution in [2.24, 2.45) is 0 Å². The minimum absolute atomic E-state index is 0.219. The van der Waals surface area contributed by atoms with Gasteiger partial charge in [0.2, 0.25) is 0 Å². The van der Waals surface area contributed by atoms with E-state index in [1.807, 2.05) is 35.6 Å². The summed E-state index contributed by atoms with van der Waals surface area (Å²) in [5, 5.41) is 11.8. The number of nitrogens with one attached hydrogen (secondary N) is 1. The third-order valence-corrected chi connectivity index (χ3v) is 4.82. The Labute approximate surface area is 172 Å². The van der Waals surface area contributed by atoms with Gasteiger partial charge in [0.25, 0.3) is 11.8 Å². The van der Waals surface area contributed by atoms with Crippen molar-refractivity contribution in [2.45, 2.75) is 19.9 Å². The summed E-state index contributed by atoms with van der Waals surface area (Å²) in [4.78, 5) is 12.3. The van der Waals surface area contributed by atoms with E-state index < -0.39 is 0 Å². The Kier molecular flexibility index (Phi) is 5.47. The number of carbonyl (C=O) groups is 1. The van der Waals surface area contributed by atoms with E-state index in [2.05, 4.69) is 15.5 Å². The summed E-state index contributed by atoms with van der Waals surface area (Å²) in [5.41, 5.74) is 2.31. The van der Waals surface area contributed by atoms with Gasteiger partial charge in [-0.25, -0.2) is 4.39 Å². The number of rotatable bonds is 7. The highest BCUT2D eigenvalue weighted by Crippen LogP contribution is 2.27. The normalized spacial score (nSPS) is 11.0. The Morgan fingerprint density at radius 3 is 2.77 bits per heavy atom. The largest absolute Gasteiger partial charge is 0.496 e. The number of methoxy groups -OCH3 is 1. The summed E-state index contributed by atoms with van der Waals surface area (Å²) in [6.45, 7) is 2.06. The van der Waals surface area contributed by atoms with Crippen LogP contribution in [0.1, 0.15) is 18.3 Å². The topological polar surface area (TPSA) is 77.8 Å². The van der Waals surface area contributed by atoms with E-state index in [0.717, 1.165) is 16.9 Å². The van der Waals surface area contributed by atoms with Crippen molar-refractivity contribution < 1.29 is 18.7 Å². The number of fused-ring (bicyclic) bond motifs is 3. The average Bonchev–Trinajstić information content (AvgIpc) is 3.15. The summed E-state index contributed by atoms with van der Waals surface area (Å²) in [5.74, 6) is 1.02. The molecule has 0 bridgehead atoms. The monoisotopic (exact) mass is 408 g/mol. The van der Waals surface area contributed by atoms with Gasteiger partial charge < -0.3 is 14.8 Å². The molecule has 2 heterocycles. The maximum absolute atomic E-state index is 13.6.